The van der Waals surface area contributed by atoms with Crippen molar-refractivity contribution in [3.8, 4) is 11.8 Å². The number of hydrogen-bond acceptors (Lipinski definition) is 4. The first-order chi connectivity index (χ1) is 8.72. The standard InChI is InChI=1S/C13H17N3O2/c1-3-15-12(17)7-8-16-13-10(9-14)5-4-6-11(13)18-2/h4-6,16H,3,7-8H2,1-2H3,(H,15,17). The van der Waals surface area contributed by atoms with Crippen LogP contribution in [0, 0.1) is 11.3 Å². The van der Waals surface area contributed by atoms with E-state index < -0.39 is 0 Å². The minimum absolute atomic E-state index is 0.0154. The number of methoxy groups -OCH3 is 1. The van der Waals surface area contributed by atoms with Crippen molar-refractivity contribution in [2.75, 3.05) is 25.5 Å². The fourth-order valence-corrected chi connectivity index (χ4v) is 1.56. The molecule has 1 aromatic carbocycles. The number of nitrogens with one attached hydrogen (secondary N) is 2. The summed E-state index contributed by atoms with van der Waals surface area (Å²) in [6.07, 6.45) is 0.358. The monoisotopic (exact) mass is 247 g/mol. The Bertz CT molecular complexity index is 452. The van der Waals surface area contributed by atoms with Crippen molar-refractivity contribution in [3.05, 3.63) is 23.8 Å². The average Bonchev–Trinajstić information content (AvgIpc) is 2.39. The van der Waals surface area contributed by atoms with Crippen molar-refractivity contribution >= 4 is 11.6 Å². The van der Waals surface area contributed by atoms with Crippen molar-refractivity contribution in [1.82, 2.24) is 5.32 Å². The highest BCUT2D eigenvalue weighted by molar-refractivity contribution is 5.76. The normalized spacial score (nSPS) is 9.39. The Kier molecular flexibility index (Phi) is 5.52. The number of carbonyl (C=O) groups is 1. The molecule has 1 amide bonds. The smallest absolute Gasteiger partial charge is 0.221 e. The summed E-state index contributed by atoms with van der Waals surface area (Å²) < 4.78 is 5.18. The first-order valence-corrected chi connectivity index (χ1v) is 5.80. The van der Waals surface area contributed by atoms with Crippen LogP contribution in [0.5, 0.6) is 5.75 Å². The van der Waals surface area contributed by atoms with Gasteiger partial charge in [-0.15, -0.1) is 0 Å². The van der Waals surface area contributed by atoms with E-state index in [4.69, 9.17) is 10.00 Å². The van der Waals surface area contributed by atoms with Crippen molar-refractivity contribution in [3.63, 3.8) is 0 Å². The van der Waals surface area contributed by atoms with E-state index in [1.54, 1.807) is 25.3 Å². The van der Waals surface area contributed by atoms with Crippen LogP contribution in [0.2, 0.25) is 0 Å². The van der Waals surface area contributed by atoms with E-state index in [0.29, 0.717) is 36.5 Å². The Balaban J connectivity index is 2.66. The zero-order chi connectivity index (χ0) is 13.4. The first-order valence-electron chi connectivity index (χ1n) is 5.80. The van der Waals surface area contributed by atoms with Crippen molar-refractivity contribution in [2.45, 2.75) is 13.3 Å². The Hall–Kier alpha value is -2.22. The summed E-state index contributed by atoms with van der Waals surface area (Å²) in [5.41, 5.74) is 1.14. The van der Waals surface area contributed by atoms with Gasteiger partial charge < -0.3 is 15.4 Å². The molecule has 0 unspecified atom stereocenters. The molecular weight excluding hydrogens is 230 g/mol. The Morgan fingerprint density at radius 3 is 2.89 bits per heavy atom. The zero-order valence-corrected chi connectivity index (χ0v) is 10.6. The summed E-state index contributed by atoms with van der Waals surface area (Å²) in [7, 11) is 1.55. The van der Waals surface area contributed by atoms with Gasteiger partial charge >= 0.3 is 0 Å². The van der Waals surface area contributed by atoms with Crippen LogP contribution in [-0.4, -0.2) is 26.1 Å². The molecule has 18 heavy (non-hydrogen) atoms. The molecule has 0 radical (unpaired) electrons. The van der Waals surface area contributed by atoms with E-state index >= 15 is 0 Å². The quantitative estimate of drug-likeness (QED) is 0.799. The van der Waals surface area contributed by atoms with Crippen LogP contribution in [0.1, 0.15) is 18.9 Å². The lowest BCUT2D eigenvalue weighted by atomic mass is 10.1. The largest absolute Gasteiger partial charge is 0.495 e. The van der Waals surface area contributed by atoms with Gasteiger partial charge in [-0.1, -0.05) is 6.07 Å². The Morgan fingerprint density at radius 1 is 1.50 bits per heavy atom. The number of nitriles is 1. The maximum atomic E-state index is 11.3. The van der Waals surface area contributed by atoms with Crippen LogP contribution < -0.4 is 15.4 Å². The van der Waals surface area contributed by atoms with E-state index in [1.165, 1.54) is 0 Å². The summed E-state index contributed by atoms with van der Waals surface area (Å²) in [6, 6.07) is 7.33. The molecule has 0 aliphatic carbocycles. The predicted octanol–water partition coefficient (Wildman–Crippen LogP) is 1.50. The van der Waals surface area contributed by atoms with E-state index in [9.17, 15) is 4.79 Å². The van der Waals surface area contributed by atoms with Crippen LogP contribution in [0.4, 0.5) is 5.69 Å². The van der Waals surface area contributed by atoms with Gasteiger partial charge in [0.05, 0.1) is 18.4 Å². The summed E-state index contributed by atoms with van der Waals surface area (Å²) in [5, 5.41) is 14.8. The van der Waals surface area contributed by atoms with Gasteiger partial charge in [0.1, 0.15) is 11.8 Å². The van der Waals surface area contributed by atoms with Gasteiger partial charge in [0, 0.05) is 19.5 Å². The molecule has 0 saturated carbocycles. The predicted molar refractivity (Wildman–Crippen MR) is 69.5 cm³/mol. The van der Waals surface area contributed by atoms with Crippen LogP contribution in [0.15, 0.2) is 18.2 Å². The summed E-state index contributed by atoms with van der Waals surface area (Å²) >= 11 is 0. The number of nitrogens with zero attached hydrogens (tertiary/aromatic N) is 1. The molecule has 0 aliphatic heterocycles. The van der Waals surface area contributed by atoms with E-state index in [0.717, 1.165) is 0 Å². The van der Waals surface area contributed by atoms with E-state index in [1.807, 2.05) is 6.92 Å². The van der Waals surface area contributed by atoms with Crippen LogP contribution in [0.25, 0.3) is 0 Å². The lowest BCUT2D eigenvalue weighted by Crippen LogP contribution is -2.24. The molecular formula is C13H17N3O2. The molecule has 96 valence electrons. The van der Waals surface area contributed by atoms with Gasteiger partial charge in [-0.25, -0.2) is 0 Å². The molecule has 5 heteroatoms. The minimum atomic E-state index is -0.0154. The maximum Gasteiger partial charge on any atom is 0.221 e. The van der Waals surface area contributed by atoms with Crippen molar-refractivity contribution < 1.29 is 9.53 Å². The van der Waals surface area contributed by atoms with Gasteiger partial charge in [-0.2, -0.15) is 5.26 Å². The average molecular weight is 247 g/mol. The number of hydrogen-bond donors (Lipinski definition) is 2. The molecule has 5 nitrogen and oxygen atoms in total. The third-order valence-electron chi connectivity index (χ3n) is 2.39. The number of amides is 1. The minimum Gasteiger partial charge on any atom is -0.495 e. The second-order valence-corrected chi connectivity index (χ2v) is 3.62. The fraction of sp³-hybridized carbons (Fsp3) is 0.385. The van der Waals surface area contributed by atoms with E-state index in [-0.39, 0.29) is 5.91 Å². The zero-order valence-electron chi connectivity index (χ0n) is 10.6. The van der Waals surface area contributed by atoms with Crippen LogP contribution in [-0.2, 0) is 4.79 Å². The second kappa shape index (κ2) is 7.17. The molecule has 0 heterocycles. The molecule has 0 aromatic heterocycles. The Labute approximate surface area is 107 Å². The number of rotatable bonds is 6. The molecule has 2 N–H and O–H groups in total. The maximum absolute atomic E-state index is 11.3. The summed E-state index contributed by atoms with van der Waals surface area (Å²) in [4.78, 5) is 11.3. The number of ether oxygens (including phenoxy) is 1. The van der Waals surface area contributed by atoms with Gasteiger partial charge in [-0.05, 0) is 19.1 Å². The molecule has 0 bridgehead atoms. The molecule has 0 spiro atoms. The topological polar surface area (TPSA) is 74.2 Å². The molecule has 0 aliphatic rings. The lowest BCUT2D eigenvalue weighted by molar-refractivity contribution is -0.120. The van der Waals surface area contributed by atoms with Crippen LogP contribution in [0.3, 0.4) is 0 Å². The van der Waals surface area contributed by atoms with Gasteiger partial charge in [0.25, 0.3) is 0 Å². The van der Waals surface area contributed by atoms with Crippen molar-refractivity contribution in [1.29, 1.82) is 5.26 Å². The molecule has 1 aromatic rings. The molecule has 0 saturated heterocycles. The Morgan fingerprint density at radius 2 is 2.28 bits per heavy atom. The van der Waals surface area contributed by atoms with Crippen LogP contribution >= 0.6 is 0 Å². The second-order valence-electron chi connectivity index (χ2n) is 3.62. The number of para-hydroxylation sites is 1. The third-order valence-corrected chi connectivity index (χ3v) is 2.39. The number of carbonyl (C=O) groups excluding carboxylic acids is 1. The first kappa shape index (κ1) is 13.8. The third kappa shape index (κ3) is 3.67. The van der Waals surface area contributed by atoms with Crippen molar-refractivity contribution in [2.24, 2.45) is 0 Å². The lowest BCUT2D eigenvalue weighted by Gasteiger charge is -2.12. The van der Waals surface area contributed by atoms with Gasteiger partial charge in [0.15, 0.2) is 0 Å². The number of anilines is 1. The SMILES string of the molecule is CCNC(=O)CCNc1c(C#N)cccc1OC. The fourth-order valence-electron chi connectivity index (χ4n) is 1.56. The highest BCUT2D eigenvalue weighted by atomic mass is 16.5. The highest BCUT2D eigenvalue weighted by Gasteiger charge is 2.08. The highest BCUT2D eigenvalue weighted by Crippen LogP contribution is 2.27. The summed E-state index contributed by atoms with van der Waals surface area (Å²) in [6.45, 7) is 2.96. The molecule has 0 atom stereocenters. The molecule has 0 fully saturated rings. The molecule has 1 rings (SSSR count). The number of benzene rings is 1. The van der Waals surface area contributed by atoms with Gasteiger partial charge in [0.2, 0.25) is 5.91 Å². The van der Waals surface area contributed by atoms with Gasteiger partial charge in [-0.3, -0.25) is 4.79 Å². The summed E-state index contributed by atoms with van der Waals surface area (Å²) in [5.74, 6) is 0.586. The van der Waals surface area contributed by atoms with E-state index in [2.05, 4.69) is 16.7 Å².